The van der Waals surface area contributed by atoms with Gasteiger partial charge in [-0.2, -0.15) is 4.98 Å². The van der Waals surface area contributed by atoms with Crippen LogP contribution in [-0.4, -0.2) is 43.3 Å². The summed E-state index contributed by atoms with van der Waals surface area (Å²) in [5, 5.41) is 3.15. The molecule has 1 N–H and O–H groups in total. The second kappa shape index (κ2) is 7.87. The molecule has 1 aromatic heterocycles. The lowest BCUT2D eigenvalue weighted by molar-refractivity contribution is 0.326. The fourth-order valence-electron chi connectivity index (χ4n) is 1.72. The predicted molar refractivity (Wildman–Crippen MR) is 74.4 cm³/mol. The molecule has 5 nitrogen and oxygen atoms in total. The molecule has 0 bridgehead atoms. The molecule has 0 aromatic carbocycles. The smallest absolute Gasteiger partial charge is 0.228 e. The van der Waals surface area contributed by atoms with Gasteiger partial charge in [0.2, 0.25) is 11.8 Å². The van der Waals surface area contributed by atoms with Crippen LogP contribution < -0.4 is 15.0 Å². The molecule has 0 spiro atoms. The Bertz CT molecular complexity index is 357. The highest BCUT2D eigenvalue weighted by atomic mass is 16.5. The highest BCUT2D eigenvalue weighted by molar-refractivity contribution is 5.34. The number of rotatable bonds is 8. The van der Waals surface area contributed by atoms with E-state index in [1.165, 1.54) is 0 Å². The molecule has 18 heavy (non-hydrogen) atoms. The van der Waals surface area contributed by atoms with E-state index in [4.69, 9.17) is 4.74 Å². The van der Waals surface area contributed by atoms with E-state index in [9.17, 15) is 0 Å². The maximum absolute atomic E-state index is 5.47. The second-order valence-electron chi connectivity index (χ2n) is 4.17. The average molecular weight is 252 g/mol. The van der Waals surface area contributed by atoms with Crippen LogP contribution in [0, 0.1) is 6.92 Å². The molecule has 0 fully saturated rings. The molecule has 1 heterocycles. The number of aromatic nitrogens is 2. The fourth-order valence-corrected chi connectivity index (χ4v) is 1.72. The first-order chi connectivity index (χ1) is 8.71. The number of ether oxygens (including phenoxy) is 1. The average Bonchev–Trinajstić information content (AvgIpc) is 2.34. The Morgan fingerprint density at radius 2 is 2.06 bits per heavy atom. The zero-order valence-corrected chi connectivity index (χ0v) is 11.9. The summed E-state index contributed by atoms with van der Waals surface area (Å²) in [5.41, 5.74) is 0.939. The molecule has 102 valence electrons. The van der Waals surface area contributed by atoms with Gasteiger partial charge in [-0.25, -0.2) is 4.98 Å². The fraction of sp³-hybridized carbons (Fsp3) is 0.692. The molecule has 0 atom stereocenters. The van der Waals surface area contributed by atoms with Crippen molar-refractivity contribution in [2.75, 3.05) is 38.2 Å². The molecular formula is C13H24N4O. The molecule has 0 saturated heterocycles. The lowest BCUT2D eigenvalue weighted by Gasteiger charge is -2.22. The molecule has 5 heteroatoms. The number of anilines is 1. The van der Waals surface area contributed by atoms with Gasteiger partial charge in [-0.3, -0.25) is 0 Å². The number of aryl methyl sites for hydroxylation is 1. The van der Waals surface area contributed by atoms with Crippen molar-refractivity contribution in [1.82, 2.24) is 15.3 Å². The van der Waals surface area contributed by atoms with Crippen molar-refractivity contribution in [1.29, 1.82) is 0 Å². The van der Waals surface area contributed by atoms with Gasteiger partial charge in [0.1, 0.15) is 0 Å². The standard InChI is InChI=1S/C13H24N4O/c1-5-8-17(9-7-14-4)13-15-11(3)10-12(16-13)18-6-2/h10,14H,5-9H2,1-4H3. The number of hydrogen-bond acceptors (Lipinski definition) is 5. The Labute approximate surface area is 110 Å². The largest absolute Gasteiger partial charge is 0.478 e. The zero-order chi connectivity index (χ0) is 13.4. The van der Waals surface area contributed by atoms with Gasteiger partial charge in [0.25, 0.3) is 0 Å². The van der Waals surface area contributed by atoms with E-state index in [-0.39, 0.29) is 0 Å². The number of hydrogen-bond donors (Lipinski definition) is 1. The summed E-state index contributed by atoms with van der Waals surface area (Å²) in [6, 6.07) is 1.87. The van der Waals surface area contributed by atoms with Crippen molar-refractivity contribution in [2.24, 2.45) is 0 Å². The summed E-state index contributed by atoms with van der Waals surface area (Å²) >= 11 is 0. The molecular weight excluding hydrogens is 228 g/mol. The van der Waals surface area contributed by atoms with Gasteiger partial charge in [-0.1, -0.05) is 6.92 Å². The molecule has 0 aliphatic rings. The van der Waals surface area contributed by atoms with Crippen molar-refractivity contribution in [3.63, 3.8) is 0 Å². The van der Waals surface area contributed by atoms with Crippen LogP contribution in [0.2, 0.25) is 0 Å². The van der Waals surface area contributed by atoms with Crippen molar-refractivity contribution in [3.05, 3.63) is 11.8 Å². The molecule has 0 saturated carbocycles. The third-order valence-electron chi connectivity index (χ3n) is 2.52. The van der Waals surface area contributed by atoms with Gasteiger partial charge >= 0.3 is 0 Å². The summed E-state index contributed by atoms with van der Waals surface area (Å²) in [6.45, 7) is 9.49. The highest BCUT2D eigenvalue weighted by Gasteiger charge is 2.10. The van der Waals surface area contributed by atoms with Crippen LogP contribution in [0.5, 0.6) is 5.88 Å². The first-order valence-corrected chi connectivity index (χ1v) is 6.59. The molecule has 1 aromatic rings. The highest BCUT2D eigenvalue weighted by Crippen LogP contribution is 2.15. The van der Waals surface area contributed by atoms with E-state index in [2.05, 4.69) is 27.1 Å². The van der Waals surface area contributed by atoms with Gasteiger partial charge in [0, 0.05) is 31.4 Å². The van der Waals surface area contributed by atoms with Crippen molar-refractivity contribution in [2.45, 2.75) is 27.2 Å². The molecule has 0 radical (unpaired) electrons. The van der Waals surface area contributed by atoms with E-state index < -0.39 is 0 Å². The molecule has 0 aliphatic heterocycles. The van der Waals surface area contributed by atoms with E-state index in [1.807, 2.05) is 27.0 Å². The lowest BCUT2D eigenvalue weighted by atomic mass is 10.4. The first-order valence-electron chi connectivity index (χ1n) is 6.59. The van der Waals surface area contributed by atoms with E-state index in [1.54, 1.807) is 0 Å². The Morgan fingerprint density at radius 1 is 1.28 bits per heavy atom. The number of nitrogens with one attached hydrogen (secondary N) is 1. The minimum Gasteiger partial charge on any atom is -0.478 e. The predicted octanol–water partition coefficient (Wildman–Crippen LogP) is 1.62. The van der Waals surface area contributed by atoms with Crippen LogP contribution >= 0.6 is 0 Å². The summed E-state index contributed by atoms with van der Waals surface area (Å²) in [5.74, 6) is 1.42. The third-order valence-corrected chi connectivity index (χ3v) is 2.52. The minimum atomic E-state index is 0.625. The Kier molecular flexibility index (Phi) is 6.43. The summed E-state index contributed by atoms with van der Waals surface area (Å²) < 4.78 is 5.47. The Morgan fingerprint density at radius 3 is 2.67 bits per heavy atom. The maximum Gasteiger partial charge on any atom is 0.228 e. The number of likely N-dealkylation sites (N-methyl/N-ethyl adjacent to an activating group) is 1. The van der Waals surface area contributed by atoms with Crippen LogP contribution in [0.15, 0.2) is 6.07 Å². The van der Waals surface area contributed by atoms with Crippen LogP contribution in [0.25, 0.3) is 0 Å². The Balaban J connectivity index is 2.87. The van der Waals surface area contributed by atoms with Crippen molar-refractivity contribution < 1.29 is 4.74 Å². The van der Waals surface area contributed by atoms with Gasteiger partial charge in [-0.15, -0.1) is 0 Å². The summed E-state index contributed by atoms with van der Waals surface area (Å²) in [4.78, 5) is 11.1. The Hall–Kier alpha value is -1.36. The van der Waals surface area contributed by atoms with Gasteiger partial charge in [0.05, 0.1) is 6.61 Å². The zero-order valence-electron chi connectivity index (χ0n) is 11.9. The van der Waals surface area contributed by atoms with Crippen molar-refractivity contribution >= 4 is 5.95 Å². The number of nitrogens with zero attached hydrogens (tertiary/aromatic N) is 3. The lowest BCUT2D eigenvalue weighted by Crippen LogP contribution is -2.33. The molecule has 1 rings (SSSR count). The summed E-state index contributed by atoms with van der Waals surface area (Å²) in [7, 11) is 1.95. The van der Waals surface area contributed by atoms with E-state index >= 15 is 0 Å². The molecule has 0 unspecified atom stereocenters. The second-order valence-corrected chi connectivity index (χ2v) is 4.17. The van der Waals surface area contributed by atoms with Crippen LogP contribution in [0.3, 0.4) is 0 Å². The van der Waals surface area contributed by atoms with Crippen LogP contribution in [0.4, 0.5) is 5.95 Å². The minimum absolute atomic E-state index is 0.625. The normalized spacial score (nSPS) is 10.4. The molecule has 0 amide bonds. The monoisotopic (exact) mass is 252 g/mol. The quantitative estimate of drug-likeness (QED) is 0.762. The SMILES string of the molecule is CCCN(CCNC)c1nc(C)cc(OCC)n1. The topological polar surface area (TPSA) is 50.3 Å². The van der Waals surface area contributed by atoms with Crippen LogP contribution in [0.1, 0.15) is 26.0 Å². The van der Waals surface area contributed by atoms with Gasteiger partial charge in [-0.05, 0) is 27.3 Å². The van der Waals surface area contributed by atoms with Gasteiger partial charge < -0.3 is 15.0 Å². The van der Waals surface area contributed by atoms with Crippen molar-refractivity contribution in [3.8, 4) is 5.88 Å². The third kappa shape index (κ3) is 4.49. The first kappa shape index (κ1) is 14.7. The van der Waals surface area contributed by atoms with Gasteiger partial charge in [0.15, 0.2) is 0 Å². The summed E-state index contributed by atoms with van der Waals surface area (Å²) in [6.07, 6.45) is 1.07. The maximum atomic E-state index is 5.47. The van der Waals surface area contributed by atoms with Crippen LogP contribution in [-0.2, 0) is 0 Å². The van der Waals surface area contributed by atoms with E-state index in [0.717, 1.165) is 37.7 Å². The molecule has 0 aliphatic carbocycles. The van der Waals surface area contributed by atoms with E-state index in [0.29, 0.717) is 12.5 Å².